The number of fused-ring (bicyclic) bond motifs is 2. The Morgan fingerprint density at radius 1 is 0.500 bits per heavy atom. The maximum atomic E-state index is 13.7. The van der Waals surface area contributed by atoms with Crippen molar-refractivity contribution >= 4 is 27.3 Å². The van der Waals surface area contributed by atoms with E-state index in [1.165, 1.54) is 0 Å². The smallest absolute Gasteiger partial charge is 0.193 e. The van der Waals surface area contributed by atoms with Crippen LogP contribution in [0.2, 0.25) is 0 Å². The van der Waals surface area contributed by atoms with Crippen molar-refractivity contribution in [1.29, 1.82) is 0 Å². The molecule has 184 valence electrons. The molecule has 0 aromatic heterocycles. The van der Waals surface area contributed by atoms with Crippen LogP contribution in [0.5, 0.6) is 11.5 Å². The largest absolute Gasteiger partial charge is 0.507 e. The van der Waals surface area contributed by atoms with E-state index in [1.807, 2.05) is 123 Å². The summed E-state index contributed by atoms with van der Waals surface area (Å²) < 4.78 is 0. The lowest BCUT2D eigenvalue weighted by atomic mass is 9.90. The number of ketones is 1. The van der Waals surface area contributed by atoms with Gasteiger partial charge in [-0.05, 0) is 59.0 Å². The molecule has 0 amide bonds. The average molecular weight is 495 g/mol. The molecule has 0 saturated carbocycles. The minimum absolute atomic E-state index is 0.118. The molecule has 0 fully saturated rings. The number of benzene rings is 6. The number of carbonyl (C=O) groups excluding carboxylic acids is 1. The third-order valence-electron chi connectivity index (χ3n) is 7.38. The van der Waals surface area contributed by atoms with Gasteiger partial charge in [0.15, 0.2) is 5.78 Å². The maximum absolute atomic E-state index is 13.7. The van der Waals surface area contributed by atoms with Crippen molar-refractivity contribution < 1.29 is 15.0 Å². The van der Waals surface area contributed by atoms with Crippen LogP contribution in [-0.2, 0) is 0 Å². The van der Waals surface area contributed by atoms with E-state index in [9.17, 15) is 15.0 Å². The van der Waals surface area contributed by atoms with Crippen LogP contribution >= 0.6 is 0 Å². The van der Waals surface area contributed by atoms with Crippen molar-refractivity contribution in [2.24, 2.45) is 0 Å². The molecule has 0 saturated heterocycles. The lowest BCUT2D eigenvalue weighted by Gasteiger charge is -2.14. The van der Waals surface area contributed by atoms with Crippen molar-refractivity contribution in [2.75, 3.05) is 0 Å². The van der Waals surface area contributed by atoms with Gasteiger partial charge in [-0.1, -0.05) is 97.1 Å². The zero-order valence-electron chi connectivity index (χ0n) is 21.2. The van der Waals surface area contributed by atoms with Crippen LogP contribution in [-0.4, -0.2) is 16.0 Å². The van der Waals surface area contributed by atoms with Gasteiger partial charge in [0, 0.05) is 33.0 Å². The van der Waals surface area contributed by atoms with Crippen LogP contribution in [0, 0.1) is 13.8 Å². The molecule has 3 heteroatoms. The summed E-state index contributed by atoms with van der Waals surface area (Å²) in [6.45, 7) is 3.95. The molecule has 0 atom stereocenters. The molecule has 6 rings (SSSR count). The highest BCUT2D eigenvalue weighted by Crippen LogP contribution is 2.39. The van der Waals surface area contributed by atoms with Crippen LogP contribution in [0.25, 0.3) is 43.8 Å². The fraction of sp³-hybridized carbons (Fsp3) is 0.0571. The fourth-order valence-corrected chi connectivity index (χ4v) is 5.22. The Bertz CT molecular complexity index is 1740. The fourth-order valence-electron chi connectivity index (χ4n) is 5.22. The highest BCUT2D eigenvalue weighted by atomic mass is 16.3. The summed E-state index contributed by atoms with van der Waals surface area (Å²) in [5, 5.41) is 25.6. The van der Waals surface area contributed by atoms with E-state index < -0.39 is 0 Å². The topological polar surface area (TPSA) is 57.5 Å². The lowest BCUT2D eigenvalue weighted by molar-refractivity contribution is 0.103. The SMILES string of the molecule is Cc1ccc(C(=O)c2ccc(C)c(-c3ccc4ccccc4c3O)c2)cc1-c1ccc2ccccc2c1O. The Labute approximate surface area is 221 Å². The van der Waals surface area contributed by atoms with Gasteiger partial charge in [-0.2, -0.15) is 0 Å². The highest BCUT2D eigenvalue weighted by Gasteiger charge is 2.17. The summed E-state index contributed by atoms with van der Waals surface area (Å²) in [5.74, 6) is 0.299. The van der Waals surface area contributed by atoms with Crippen LogP contribution in [0.4, 0.5) is 0 Å². The number of carbonyl (C=O) groups is 1. The van der Waals surface area contributed by atoms with Gasteiger partial charge < -0.3 is 10.2 Å². The van der Waals surface area contributed by atoms with Crippen molar-refractivity contribution in [3.05, 3.63) is 131 Å². The molecule has 2 N–H and O–H groups in total. The monoisotopic (exact) mass is 494 g/mol. The predicted octanol–water partition coefficient (Wildman–Crippen LogP) is 8.59. The molecule has 0 spiro atoms. The second-order valence-corrected chi connectivity index (χ2v) is 9.75. The molecule has 6 aromatic carbocycles. The van der Waals surface area contributed by atoms with E-state index in [0.717, 1.165) is 43.8 Å². The van der Waals surface area contributed by atoms with Crippen molar-refractivity contribution in [3.8, 4) is 33.8 Å². The van der Waals surface area contributed by atoms with E-state index in [1.54, 1.807) is 0 Å². The quantitative estimate of drug-likeness (QED) is 0.241. The standard InChI is InChI=1S/C35H26O3/c1-21-11-13-25(19-31(21)29-17-15-23-7-3-5-9-27(23)34(29)37)33(36)26-14-12-22(2)32(20-26)30-18-16-24-8-4-6-10-28(24)35(30)38/h3-20,37-38H,1-2H3. The molecule has 0 radical (unpaired) electrons. The lowest BCUT2D eigenvalue weighted by Crippen LogP contribution is -2.03. The van der Waals surface area contributed by atoms with Crippen LogP contribution in [0.1, 0.15) is 27.0 Å². The summed E-state index contributed by atoms with van der Waals surface area (Å²) in [6, 6.07) is 34.4. The molecule has 0 unspecified atom stereocenters. The predicted molar refractivity (Wildman–Crippen MR) is 155 cm³/mol. The first-order chi connectivity index (χ1) is 18.4. The Hall–Kier alpha value is -4.89. The van der Waals surface area contributed by atoms with Crippen molar-refractivity contribution in [1.82, 2.24) is 0 Å². The first-order valence-corrected chi connectivity index (χ1v) is 12.6. The number of rotatable bonds is 4. The zero-order valence-corrected chi connectivity index (χ0v) is 21.2. The number of phenolic OH excluding ortho intramolecular Hbond substituents is 2. The number of hydrogen-bond donors (Lipinski definition) is 2. The van der Waals surface area contributed by atoms with E-state index in [0.29, 0.717) is 22.3 Å². The summed E-state index contributed by atoms with van der Waals surface area (Å²) >= 11 is 0. The van der Waals surface area contributed by atoms with Crippen molar-refractivity contribution in [2.45, 2.75) is 13.8 Å². The third-order valence-corrected chi connectivity index (χ3v) is 7.38. The number of aryl methyl sites for hydroxylation is 2. The van der Waals surface area contributed by atoms with Crippen LogP contribution in [0.15, 0.2) is 109 Å². The molecule has 0 bridgehead atoms. The van der Waals surface area contributed by atoms with Crippen molar-refractivity contribution in [3.63, 3.8) is 0 Å². The Balaban J connectivity index is 1.43. The van der Waals surface area contributed by atoms with Gasteiger partial charge in [-0.15, -0.1) is 0 Å². The molecular formula is C35H26O3. The normalized spacial score (nSPS) is 11.2. The number of aromatic hydroxyl groups is 2. The molecule has 6 aromatic rings. The van der Waals surface area contributed by atoms with E-state index in [2.05, 4.69) is 0 Å². The van der Waals surface area contributed by atoms with E-state index in [4.69, 9.17) is 0 Å². The van der Waals surface area contributed by atoms with E-state index >= 15 is 0 Å². The molecule has 0 aliphatic rings. The number of phenols is 2. The van der Waals surface area contributed by atoms with Gasteiger partial charge in [0.1, 0.15) is 11.5 Å². The molecule has 0 aliphatic carbocycles. The minimum atomic E-state index is -0.118. The first kappa shape index (κ1) is 23.5. The van der Waals surface area contributed by atoms with E-state index in [-0.39, 0.29) is 17.3 Å². The van der Waals surface area contributed by atoms with Crippen LogP contribution < -0.4 is 0 Å². The summed E-state index contributed by atoms with van der Waals surface area (Å²) in [4.78, 5) is 13.7. The van der Waals surface area contributed by atoms with Crippen LogP contribution in [0.3, 0.4) is 0 Å². The summed E-state index contributed by atoms with van der Waals surface area (Å²) in [6.07, 6.45) is 0. The Morgan fingerprint density at radius 3 is 1.37 bits per heavy atom. The second-order valence-electron chi connectivity index (χ2n) is 9.75. The number of hydrogen-bond acceptors (Lipinski definition) is 3. The summed E-state index contributed by atoms with van der Waals surface area (Å²) in [7, 11) is 0. The molecule has 38 heavy (non-hydrogen) atoms. The first-order valence-electron chi connectivity index (χ1n) is 12.6. The van der Waals surface area contributed by atoms with Gasteiger partial charge in [-0.25, -0.2) is 0 Å². The van der Waals surface area contributed by atoms with Gasteiger partial charge in [0.05, 0.1) is 0 Å². The van der Waals surface area contributed by atoms with Gasteiger partial charge in [-0.3, -0.25) is 4.79 Å². The van der Waals surface area contributed by atoms with Gasteiger partial charge in [0.25, 0.3) is 0 Å². The Morgan fingerprint density at radius 2 is 0.921 bits per heavy atom. The molecule has 3 nitrogen and oxygen atoms in total. The minimum Gasteiger partial charge on any atom is -0.507 e. The second kappa shape index (κ2) is 9.20. The molecule has 0 aliphatic heterocycles. The summed E-state index contributed by atoms with van der Waals surface area (Å²) in [5.41, 5.74) is 6.04. The van der Waals surface area contributed by atoms with Gasteiger partial charge in [0.2, 0.25) is 0 Å². The maximum Gasteiger partial charge on any atom is 0.193 e. The highest BCUT2D eigenvalue weighted by molar-refractivity contribution is 6.11. The Kier molecular flexibility index (Phi) is 5.69. The molecular weight excluding hydrogens is 468 g/mol. The molecule has 0 heterocycles. The third kappa shape index (κ3) is 3.89. The zero-order chi connectivity index (χ0) is 26.4. The van der Waals surface area contributed by atoms with Gasteiger partial charge >= 0.3 is 0 Å². The average Bonchev–Trinajstić information content (AvgIpc) is 2.94.